The highest BCUT2D eigenvalue weighted by Gasteiger charge is 2.31. The molecule has 5 nitrogen and oxygen atoms in total. The van der Waals surface area contributed by atoms with E-state index >= 15 is 0 Å². The second-order valence-corrected chi connectivity index (χ2v) is 7.10. The Hall–Kier alpha value is -1.40. The first kappa shape index (κ1) is 16.5. The number of nitrogens with zero attached hydrogens (tertiary/aromatic N) is 2. The van der Waals surface area contributed by atoms with E-state index in [1.807, 2.05) is 34.1 Å². The lowest BCUT2D eigenvalue weighted by Crippen LogP contribution is -2.55. The summed E-state index contributed by atoms with van der Waals surface area (Å²) in [7, 11) is 0. The van der Waals surface area contributed by atoms with E-state index in [9.17, 15) is 9.59 Å². The quantitative estimate of drug-likeness (QED) is 0.866. The molecule has 1 atom stereocenters. The molecule has 23 heavy (non-hydrogen) atoms. The number of likely N-dealkylation sites (tertiary alicyclic amines) is 1. The van der Waals surface area contributed by atoms with Crippen LogP contribution in [0.4, 0.5) is 0 Å². The molecule has 0 radical (unpaired) electrons. The number of piperazine rings is 1. The summed E-state index contributed by atoms with van der Waals surface area (Å²) in [6, 6.07) is 7.61. The van der Waals surface area contributed by atoms with E-state index in [0.29, 0.717) is 13.1 Å². The van der Waals surface area contributed by atoms with E-state index in [0.717, 1.165) is 42.5 Å². The molecule has 0 spiro atoms. The Kier molecular flexibility index (Phi) is 5.33. The van der Waals surface area contributed by atoms with Crippen molar-refractivity contribution < 1.29 is 9.59 Å². The molecule has 2 saturated heterocycles. The van der Waals surface area contributed by atoms with Crippen LogP contribution < -0.4 is 5.32 Å². The molecule has 1 unspecified atom stereocenters. The number of hydrogen-bond acceptors (Lipinski definition) is 3. The van der Waals surface area contributed by atoms with E-state index in [-0.39, 0.29) is 24.3 Å². The molecule has 0 bridgehead atoms. The fraction of sp³-hybridized carbons (Fsp3) is 0.529. The van der Waals surface area contributed by atoms with Crippen molar-refractivity contribution in [3.05, 3.63) is 34.3 Å². The molecule has 0 saturated carbocycles. The van der Waals surface area contributed by atoms with Gasteiger partial charge >= 0.3 is 0 Å². The number of hydrogen-bond donors (Lipinski definition) is 1. The molecule has 124 valence electrons. The lowest BCUT2D eigenvalue weighted by Gasteiger charge is -2.33. The highest BCUT2D eigenvalue weighted by atomic mass is 79.9. The highest BCUT2D eigenvalue weighted by molar-refractivity contribution is 9.10. The first-order valence-electron chi connectivity index (χ1n) is 8.18. The number of carbonyl (C=O) groups is 2. The third kappa shape index (κ3) is 4.12. The Balaban J connectivity index is 1.60. The van der Waals surface area contributed by atoms with Crippen molar-refractivity contribution in [2.24, 2.45) is 0 Å². The largest absolute Gasteiger partial charge is 0.343 e. The van der Waals surface area contributed by atoms with Gasteiger partial charge in [0.25, 0.3) is 0 Å². The summed E-state index contributed by atoms with van der Waals surface area (Å²) in [5.41, 5.74) is 1.10. The van der Waals surface area contributed by atoms with Crippen molar-refractivity contribution >= 4 is 27.7 Å². The lowest BCUT2D eigenvalue weighted by molar-refractivity contribution is -0.141. The monoisotopic (exact) mass is 379 g/mol. The average Bonchev–Trinajstić information content (AvgIpc) is 3.06. The van der Waals surface area contributed by atoms with Crippen LogP contribution in [0.5, 0.6) is 0 Å². The molecular formula is C17H22BrN3O2. The summed E-state index contributed by atoms with van der Waals surface area (Å²) in [6.07, 6.45) is 2.42. The Morgan fingerprint density at radius 3 is 2.78 bits per heavy atom. The zero-order valence-corrected chi connectivity index (χ0v) is 14.7. The van der Waals surface area contributed by atoms with Gasteiger partial charge in [-0.1, -0.05) is 28.1 Å². The first-order valence-corrected chi connectivity index (χ1v) is 8.97. The van der Waals surface area contributed by atoms with Gasteiger partial charge in [0.1, 0.15) is 0 Å². The maximum Gasteiger partial charge on any atom is 0.240 e. The summed E-state index contributed by atoms with van der Waals surface area (Å²) >= 11 is 3.46. The van der Waals surface area contributed by atoms with Gasteiger partial charge in [-0.25, -0.2) is 0 Å². The number of nitrogens with one attached hydrogen (secondary N) is 1. The van der Waals surface area contributed by atoms with Gasteiger partial charge in [-0.15, -0.1) is 0 Å². The van der Waals surface area contributed by atoms with E-state index < -0.39 is 0 Å². The molecule has 1 N–H and O–H groups in total. The van der Waals surface area contributed by atoms with Gasteiger partial charge in [-0.3, -0.25) is 9.59 Å². The van der Waals surface area contributed by atoms with Crippen LogP contribution in [0.2, 0.25) is 0 Å². The lowest BCUT2D eigenvalue weighted by atomic mass is 10.1. The smallest absolute Gasteiger partial charge is 0.240 e. The minimum atomic E-state index is -0.385. The van der Waals surface area contributed by atoms with Crippen LogP contribution in [0, 0.1) is 0 Å². The predicted molar refractivity (Wildman–Crippen MR) is 91.8 cm³/mol. The molecule has 2 aliphatic rings. The minimum absolute atomic E-state index is 0.0313. The van der Waals surface area contributed by atoms with E-state index in [1.54, 1.807) is 0 Å². The molecule has 0 aliphatic carbocycles. The first-order chi connectivity index (χ1) is 11.1. The Morgan fingerprint density at radius 1 is 1.26 bits per heavy atom. The average molecular weight is 380 g/mol. The normalized spacial score (nSPS) is 21.8. The van der Waals surface area contributed by atoms with Crippen molar-refractivity contribution in [2.75, 3.05) is 26.2 Å². The van der Waals surface area contributed by atoms with Crippen LogP contribution in [-0.2, 0) is 16.1 Å². The summed E-state index contributed by atoms with van der Waals surface area (Å²) in [5.74, 6) is 0.126. The van der Waals surface area contributed by atoms with Gasteiger partial charge < -0.3 is 15.1 Å². The molecular weight excluding hydrogens is 358 g/mol. The molecule has 3 rings (SSSR count). The third-order valence-electron chi connectivity index (χ3n) is 4.48. The fourth-order valence-corrected chi connectivity index (χ4v) is 3.68. The van der Waals surface area contributed by atoms with E-state index in [4.69, 9.17) is 0 Å². The van der Waals surface area contributed by atoms with Crippen LogP contribution in [-0.4, -0.2) is 53.8 Å². The Morgan fingerprint density at radius 2 is 2.04 bits per heavy atom. The zero-order valence-electron chi connectivity index (χ0n) is 13.1. The van der Waals surface area contributed by atoms with Crippen molar-refractivity contribution in [3.63, 3.8) is 0 Å². The molecule has 2 aliphatic heterocycles. The summed E-state index contributed by atoms with van der Waals surface area (Å²) in [5, 5.41) is 3.20. The number of amides is 2. The topological polar surface area (TPSA) is 52.7 Å². The van der Waals surface area contributed by atoms with Gasteiger partial charge in [0.2, 0.25) is 11.8 Å². The van der Waals surface area contributed by atoms with Crippen molar-refractivity contribution in [2.45, 2.75) is 31.8 Å². The molecule has 0 aromatic heterocycles. The predicted octanol–water partition coefficient (Wildman–Crippen LogP) is 1.76. The minimum Gasteiger partial charge on any atom is -0.343 e. The number of rotatable bonds is 4. The molecule has 1 aromatic rings. The molecule has 1 aromatic carbocycles. The van der Waals surface area contributed by atoms with Gasteiger partial charge in [-0.2, -0.15) is 0 Å². The van der Waals surface area contributed by atoms with Gasteiger partial charge in [0, 0.05) is 37.2 Å². The molecule has 6 heteroatoms. The second kappa shape index (κ2) is 7.45. The third-order valence-corrected chi connectivity index (χ3v) is 4.98. The summed E-state index contributed by atoms with van der Waals surface area (Å²) < 4.78 is 1.01. The second-order valence-electron chi connectivity index (χ2n) is 6.19. The summed E-state index contributed by atoms with van der Waals surface area (Å²) in [4.78, 5) is 28.6. The molecule has 2 amide bonds. The van der Waals surface area contributed by atoms with Crippen molar-refractivity contribution in [3.8, 4) is 0 Å². The molecule has 2 heterocycles. The van der Waals surface area contributed by atoms with Crippen LogP contribution in [0.15, 0.2) is 28.7 Å². The van der Waals surface area contributed by atoms with E-state index in [2.05, 4.69) is 21.2 Å². The highest BCUT2D eigenvalue weighted by Crippen LogP contribution is 2.16. The van der Waals surface area contributed by atoms with Crippen LogP contribution >= 0.6 is 15.9 Å². The SMILES string of the molecule is O=C(CC1NCCN(Cc2cccc(Br)c2)C1=O)N1CCCC1. The van der Waals surface area contributed by atoms with Crippen LogP contribution in [0.1, 0.15) is 24.8 Å². The van der Waals surface area contributed by atoms with Gasteiger partial charge in [-0.05, 0) is 30.5 Å². The Bertz CT molecular complexity index is 587. The maximum absolute atomic E-state index is 12.6. The van der Waals surface area contributed by atoms with Crippen molar-refractivity contribution in [1.29, 1.82) is 0 Å². The zero-order chi connectivity index (χ0) is 16.2. The number of benzene rings is 1. The van der Waals surface area contributed by atoms with Crippen LogP contribution in [0.25, 0.3) is 0 Å². The number of carbonyl (C=O) groups excluding carboxylic acids is 2. The Labute approximate surface area is 145 Å². The number of halogens is 1. The standard InChI is InChI=1S/C17H22BrN3O2/c18-14-5-3-4-13(10-14)12-21-9-6-19-15(17(21)23)11-16(22)20-7-1-2-8-20/h3-5,10,15,19H,1-2,6-9,11-12H2. The fourth-order valence-electron chi connectivity index (χ4n) is 3.23. The van der Waals surface area contributed by atoms with E-state index in [1.165, 1.54) is 0 Å². The maximum atomic E-state index is 12.6. The van der Waals surface area contributed by atoms with Gasteiger partial charge in [0.15, 0.2) is 0 Å². The molecule has 2 fully saturated rings. The summed E-state index contributed by atoms with van der Waals surface area (Å²) in [6.45, 7) is 3.68. The van der Waals surface area contributed by atoms with Gasteiger partial charge in [0.05, 0.1) is 12.5 Å². The van der Waals surface area contributed by atoms with Crippen LogP contribution in [0.3, 0.4) is 0 Å². The van der Waals surface area contributed by atoms with Crippen molar-refractivity contribution in [1.82, 2.24) is 15.1 Å².